The Kier molecular flexibility index (Phi) is 3.59. The summed E-state index contributed by atoms with van der Waals surface area (Å²) in [7, 11) is 0. The number of aromatic nitrogens is 2. The van der Waals surface area contributed by atoms with E-state index in [2.05, 4.69) is 35.2 Å². The SMILES string of the molecule is CC(C)c1cc2c(Cl)nc(Nc3ccccc3)nc2s1. The summed E-state index contributed by atoms with van der Waals surface area (Å²) < 4.78 is 0. The molecule has 20 heavy (non-hydrogen) atoms. The molecule has 0 saturated carbocycles. The molecule has 3 aromatic rings. The van der Waals surface area contributed by atoms with Crippen molar-refractivity contribution in [1.82, 2.24) is 9.97 Å². The lowest BCUT2D eigenvalue weighted by molar-refractivity contribution is 0.890. The Labute approximate surface area is 126 Å². The lowest BCUT2D eigenvalue weighted by Crippen LogP contribution is -1.96. The van der Waals surface area contributed by atoms with Gasteiger partial charge in [0, 0.05) is 16.0 Å². The first-order valence-electron chi connectivity index (χ1n) is 6.42. The third kappa shape index (κ3) is 2.62. The van der Waals surface area contributed by atoms with Gasteiger partial charge < -0.3 is 5.32 Å². The molecule has 5 heteroatoms. The van der Waals surface area contributed by atoms with Gasteiger partial charge in [-0.15, -0.1) is 11.3 Å². The van der Waals surface area contributed by atoms with Crippen LogP contribution in [-0.2, 0) is 0 Å². The highest BCUT2D eigenvalue weighted by atomic mass is 35.5. The van der Waals surface area contributed by atoms with Crippen molar-refractivity contribution in [2.45, 2.75) is 19.8 Å². The second-order valence-corrected chi connectivity index (χ2v) is 6.27. The maximum atomic E-state index is 6.26. The highest BCUT2D eigenvalue weighted by Gasteiger charge is 2.12. The predicted octanol–water partition coefficient (Wildman–Crippen LogP) is 5.21. The zero-order valence-electron chi connectivity index (χ0n) is 11.2. The number of nitrogens with one attached hydrogen (secondary N) is 1. The van der Waals surface area contributed by atoms with Gasteiger partial charge >= 0.3 is 0 Å². The van der Waals surface area contributed by atoms with Crippen LogP contribution in [0.3, 0.4) is 0 Å². The fourth-order valence-corrected chi connectivity index (χ4v) is 3.21. The third-order valence-electron chi connectivity index (χ3n) is 2.96. The van der Waals surface area contributed by atoms with E-state index in [1.54, 1.807) is 11.3 Å². The molecule has 0 radical (unpaired) electrons. The standard InChI is InChI=1S/C15H14ClN3S/c1-9(2)12-8-11-13(16)18-15(19-14(11)20-12)17-10-6-4-3-5-7-10/h3-9H,1-2H3,(H,17,18,19). The van der Waals surface area contributed by atoms with E-state index in [1.807, 2.05) is 30.3 Å². The molecular formula is C15H14ClN3S. The van der Waals surface area contributed by atoms with Crippen molar-refractivity contribution in [3.63, 3.8) is 0 Å². The van der Waals surface area contributed by atoms with Crippen LogP contribution in [-0.4, -0.2) is 9.97 Å². The summed E-state index contributed by atoms with van der Waals surface area (Å²) in [6.45, 7) is 4.32. The van der Waals surface area contributed by atoms with Crippen molar-refractivity contribution < 1.29 is 0 Å². The maximum absolute atomic E-state index is 6.26. The van der Waals surface area contributed by atoms with Crippen LogP contribution in [0, 0.1) is 0 Å². The Hall–Kier alpha value is -1.65. The highest BCUT2D eigenvalue weighted by Crippen LogP contribution is 2.33. The van der Waals surface area contributed by atoms with E-state index in [1.165, 1.54) is 4.88 Å². The van der Waals surface area contributed by atoms with Crippen molar-refractivity contribution >= 4 is 44.8 Å². The lowest BCUT2D eigenvalue weighted by Gasteiger charge is -2.04. The lowest BCUT2D eigenvalue weighted by atomic mass is 10.2. The number of hydrogen-bond acceptors (Lipinski definition) is 4. The summed E-state index contributed by atoms with van der Waals surface area (Å²) in [6, 6.07) is 11.9. The molecule has 0 amide bonds. The molecule has 1 aromatic carbocycles. The minimum Gasteiger partial charge on any atom is -0.324 e. The fourth-order valence-electron chi connectivity index (χ4n) is 1.90. The number of nitrogens with zero attached hydrogens (tertiary/aromatic N) is 2. The van der Waals surface area contributed by atoms with Crippen LogP contribution in [0.5, 0.6) is 0 Å². The molecule has 0 spiro atoms. The molecular weight excluding hydrogens is 290 g/mol. The molecule has 2 heterocycles. The Morgan fingerprint density at radius 1 is 1.15 bits per heavy atom. The second kappa shape index (κ2) is 5.38. The van der Waals surface area contributed by atoms with E-state index in [0.717, 1.165) is 15.9 Å². The van der Waals surface area contributed by atoms with Crippen LogP contribution < -0.4 is 5.32 Å². The maximum Gasteiger partial charge on any atom is 0.230 e. The van der Waals surface area contributed by atoms with Crippen molar-refractivity contribution in [2.75, 3.05) is 5.32 Å². The van der Waals surface area contributed by atoms with E-state index in [0.29, 0.717) is 17.0 Å². The molecule has 0 aliphatic heterocycles. The van der Waals surface area contributed by atoms with Gasteiger partial charge in [0.25, 0.3) is 0 Å². The van der Waals surface area contributed by atoms with E-state index in [9.17, 15) is 0 Å². The molecule has 3 nitrogen and oxygen atoms in total. The number of benzene rings is 1. The minimum absolute atomic E-state index is 0.468. The van der Waals surface area contributed by atoms with Gasteiger partial charge in [0.2, 0.25) is 5.95 Å². The van der Waals surface area contributed by atoms with Crippen LogP contribution in [0.25, 0.3) is 10.2 Å². The number of thiophene rings is 1. The van der Waals surface area contributed by atoms with Crippen LogP contribution >= 0.6 is 22.9 Å². The first-order chi connectivity index (χ1) is 9.63. The normalized spacial score (nSPS) is 11.2. The van der Waals surface area contributed by atoms with Gasteiger partial charge in [0.05, 0.1) is 0 Å². The summed E-state index contributed by atoms with van der Waals surface area (Å²) in [5.41, 5.74) is 0.948. The Morgan fingerprint density at radius 3 is 2.60 bits per heavy atom. The molecule has 3 rings (SSSR count). The summed E-state index contributed by atoms with van der Waals surface area (Å²) in [4.78, 5) is 11.1. The molecule has 2 aromatic heterocycles. The fraction of sp³-hybridized carbons (Fsp3) is 0.200. The third-order valence-corrected chi connectivity index (χ3v) is 4.58. The van der Waals surface area contributed by atoms with E-state index in [4.69, 9.17) is 11.6 Å². The molecule has 0 unspecified atom stereocenters. The van der Waals surface area contributed by atoms with Gasteiger partial charge in [-0.05, 0) is 24.1 Å². The van der Waals surface area contributed by atoms with Gasteiger partial charge in [-0.3, -0.25) is 0 Å². The summed E-state index contributed by atoms with van der Waals surface area (Å²) >= 11 is 7.93. The molecule has 0 atom stereocenters. The smallest absolute Gasteiger partial charge is 0.230 e. The number of rotatable bonds is 3. The number of fused-ring (bicyclic) bond motifs is 1. The largest absolute Gasteiger partial charge is 0.324 e. The van der Waals surface area contributed by atoms with E-state index >= 15 is 0 Å². The average Bonchev–Trinajstić information content (AvgIpc) is 2.84. The summed E-state index contributed by atoms with van der Waals surface area (Å²) in [5, 5.41) is 4.60. The van der Waals surface area contributed by atoms with Gasteiger partial charge in [0.15, 0.2) is 0 Å². The monoisotopic (exact) mass is 303 g/mol. The average molecular weight is 304 g/mol. The van der Waals surface area contributed by atoms with Gasteiger partial charge in [-0.1, -0.05) is 43.6 Å². The quantitative estimate of drug-likeness (QED) is 0.675. The molecule has 0 aliphatic carbocycles. The zero-order valence-corrected chi connectivity index (χ0v) is 12.8. The number of para-hydroxylation sites is 1. The topological polar surface area (TPSA) is 37.8 Å². The van der Waals surface area contributed by atoms with Crippen LogP contribution in [0.4, 0.5) is 11.6 Å². The first kappa shape index (κ1) is 13.3. The molecule has 0 fully saturated rings. The summed E-state index contributed by atoms with van der Waals surface area (Å²) in [5.74, 6) is 1.00. The van der Waals surface area contributed by atoms with Gasteiger partial charge in [0.1, 0.15) is 9.98 Å². The van der Waals surface area contributed by atoms with Crippen molar-refractivity contribution in [3.05, 3.63) is 46.4 Å². The summed E-state index contributed by atoms with van der Waals surface area (Å²) in [6.07, 6.45) is 0. The molecule has 0 saturated heterocycles. The van der Waals surface area contributed by atoms with Crippen LogP contribution in [0.2, 0.25) is 5.15 Å². The number of hydrogen-bond donors (Lipinski definition) is 1. The van der Waals surface area contributed by atoms with Crippen LogP contribution in [0.1, 0.15) is 24.6 Å². The first-order valence-corrected chi connectivity index (χ1v) is 7.62. The number of anilines is 2. The highest BCUT2D eigenvalue weighted by molar-refractivity contribution is 7.18. The van der Waals surface area contributed by atoms with Crippen molar-refractivity contribution in [2.24, 2.45) is 0 Å². The van der Waals surface area contributed by atoms with E-state index in [-0.39, 0.29) is 0 Å². The Bertz CT molecular complexity index is 737. The molecule has 1 N–H and O–H groups in total. The van der Waals surface area contributed by atoms with Gasteiger partial charge in [-0.2, -0.15) is 0 Å². The molecule has 0 bridgehead atoms. The van der Waals surface area contributed by atoms with Crippen LogP contribution in [0.15, 0.2) is 36.4 Å². The predicted molar refractivity (Wildman–Crippen MR) is 86.2 cm³/mol. The second-order valence-electron chi connectivity index (χ2n) is 4.85. The Balaban J connectivity index is 2.01. The minimum atomic E-state index is 0.468. The van der Waals surface area contributed by atoms with E-state index < -0.39 is 0 Å². The van der Waals surface area contributed by atoms with Gasteiger partial charge in [-0.25, -0.2) is 9.97 Å². The molecule has 0 aliphatic rings. The zero-order chi connectivity index (χ0) is 14.1. The van der Waals surface area contributed by atoms with Crippen molar-refractivity contribution in [3.8, 4) is 0 Å². The molecule has 102 valence electrons. The number of halogens is 1. The van der Waals surface area contributed by atoms with Crippen molar-refractivity contribution in [1.29, 1.82) is 0 Å². The Morgan fingerprint density at radius 2 is 1.90 bits per heavy atom.